The standard InChI is InChI=1S/C15H10ClFN2O2S/c1-18-6-2-3-9(18)8-13-14(20)19(15(21)22-13)10-4-5-12(17)11(16)7-10/h2-8H,1H3/b13-8+. The molecule has 1 aromatic heterocycles. The normalized spacial score (nSPS) is 16.9. The number of nitrogens with zero attached hydrogens (tertiary/aromatic N) is 2. The molecule has 1 aliphatic heterocycles. The maximum atomic E-state index is 13.2. The minimum absolute atomic E-state index is 0.136. The molecule has 7 heteroatoms. The summed E-state index contributed by atoms with van der Waals surface area (Å²) in [5, 5.41) is -0.573. The second-order valence-electron chi connectivity index (χ2n) is 4.66. The maximum Gasteiger partial charge on any atom is 0.298 e. The van der Waals surface area contributed by atoms with Gasteiger partial charge in [-0.3, -0.25) is 9.59 Å². The molecule has 0 radical (unpaired) electrons. The lowest BCUT2D eigenvalue weighted by Crippen LogP contribution is -2.27. The highest BCUT2D eigenvalue weighted by atomic mass is 35.5. The first-order valence-electron chi connectivity index (χ1n) is 6.32. The van der Waals surface area contributed by atoms with Crippen molar-refractivity contribution in [1.82, 2.24) is 4.57 Å². The van der Waals surface area contributed by atoms with Crippen molar-refractivity contribution in [3.05, 3.63) is 58.0 Å². The molecule has 0 N–H and O–H groups in total. The van der Waals surface area contributed by atoms with Gasteiger partial charge in [0.2, 0.25) is 0 Å². The lowest BCUT2D eigenvalue weighted by Gasteiger charge is -2.12. The quantitative estimate of drug-likeness (QED) is 0.777. The van der Waals surface area contributed by atoms with Crippen LogP contribution in [0.5, 0.6) is 0 Å². The van der Waals surface area contributed by atoms with Gasteiger partial charge in [0.05, 0.1) is 15.6 Å². The second kappa shape index (κ2) is 5.62. The number of hydrogen-bond donors (Lipinski definition) is 0. The molecule has 0 saturated carbocycles. The van der Waals surface area contributed by atoms with Gasteiger partial charge in [-0.05, 0) is 48.2 Å². The monoisotopic (exact) mass is 336 g/mol. The van der Waals surface area contributed by atoms with E-state index in [0.717, 1.165) is 28.4 Å². The number of imide groups is 1. The van der Waals surface area contributed by atoms with Crippen LogP contribution in [-0.4, -0.2) is 15.7 Å². The summed E-state index contributed by atoms with van der Waals surface area (Å²) in [7, 11) is 1.84. The number of amides is 2. The summed E-state index contributed by atoms with van der Waals surface area (Å²) in [6.45, 7) is 0. The molecule has 112 valence electrons. The van der Waals surface area contributed by atoms with E-state index in [0.29, 0.717) is 4.91 Å². The molecule has 4 nitrogen and oxygen atoms in total. The first-order chi connectivity index (χ1) is 10.5. The van der Waals surface area contributed by atoms with Gasteiger partial charge in [0, 0.05) is 18.9 Å². The van der Waals surface area contributed by atoms with Crippen molar-refractivity contribution in [2.24, 2.45) is 7.05 Å². The summed E-state index contributed by atoms with van der Waals surface area (Å²) in [6, 6.07) is 7.42. The number of aromatic nitrogens is 1. The molecule has 1 fully saturated rings. The third-order valence-electron chi connectivity index (χ3n) is 3.22. The second-order valence-corrected chi connectivity index (χ2v) is 6.06. The molecule has 0 bridgehead atoms. The highest BCUT2D eigenvalue weighted by molar-refractivity contribution is 8.19. The number of hydrogen-bond acceptors (Lipinski definition) is 3. The maximum absolute atomic E-state index is 13.2. The van der Waals surface area contributed by atoms with Crippen LogP contribution < -0.4 is 4.90 Å². The highest BCUT2D eigenvalue weighted by Gasteiger charge is 2.36. The van der Waals surface area contributed by atoms with Crippen LogP contribution in [0, 0.1) is 5.82 Å². The molecule has 2 aromatic rings. The van der Waals surface area contributed by atoms with Gasteiger partial charge < -0.3 is 4.57 Å². The fraction of sp³-hybridized carbons (Fsp3) is 0.0667. The molecular formula is C15H10ClFN2O2S. The summed E-state index contributed by atoms with van der Waals surface area (Å²) in [5.41, 5.74) is 1.06. The Hall–Kier alpha value is -2.05. The van der Waals surface area contributed by atoms with Crippen LogP contribution in [0.25, 0.3) is 6.08 Å². The van der Waals surface area contributed by atoms with Gasteiger partial charge in [0.15, 0.2) is 0 Å². The molecule has 1 aliphatic rings. The van der Waals surface area contributed by atoms with Crippen molar-refractivity contribution in [3.8, 4) is 0 Å². The van der Waals surface area contributed by atoms with Crippen molar-refractivity contribution in [3.63, 3.8) is 0 Å². The van der Waals surface area contributed by atoms with Crippen LogP contribution in [0.2, 0.25) is 5.02 Å². The van der Waals surface area contributed by atoms with E-state index in [4.69, 9.17) is 11.6 Å². The fourth-order valence-electron chi connectivity index (χ4n) is 2.07. The minimum atomic E-state index is -0.600. The van der Waals surface area contributed by atoms with Crippen LogP contribution in [0.4, 0.5) is 14.9 Å². The van der Waals surface area contributed by atoms with Crippen molar-refractivity contribution >= 4 is 46.3 Å². The number of thioether (sulfide) groups is 1. The van der Waals surface area contributed by atoms with Gasteiger partial charge in [0.1, 0.15) is 5.82 Å². The van der Waals surface area contributed by atoms with Gasteiger partial charge >= 0.3 is 0 Å². The van der Waals surface area contributed by atoms with E-state index in [9.17, 15) is 14.0 Å². The van der Waals surface area contributed by atoms with Crippen molar-refractivity contribution in [1.29, 1.82) is 0 Å². The van der Waals surface area contributed by atoms with Crippen molar-refractivity contribution < 1.29 is 14.0 Å². The molecule has 0 unspecified atom stereocenters. The van der Waals surface area contributed by atoms with E-state index in [1.165, 1.54) is 12.1 Å². The van der Waals surface area contributed by atoms with Gasteiger partial charge in [-0.2, -0.15) is 0 Å². The van der Waals surface area contributed by atoms with Gasteiger partial charge in [-0.15, -0.1) is 0 Å². The van der Waals surface area contributed by atoms with E-state index in [1.807, 2.05) is 29.9 Å². The molecule has 2 heterocycles. The Morgan fingerprint density at radius 3 is 2.68 bits per heavy atom. The fourth-order valence-corrected chi connectivity index (χ4v) is 3.07. The van der Waals surface area contributed by atoms with E-state index in [-0.39, 0.29) is 10.7 Å². The van der Waals surface area contributed by atoms with Gasteiger partial charge in [0.25, 0.3) is 11.1 Å². The largest absolute Gasteiger partial charge is 0.351 e. The first kappa shape index (κ1) is 14.9. The summed E-state index contributed by atoms with van der Waals surface area (Å²) >= 11 is 6.55. The topological polar surface area (TPSA) is 42.3 Å². The Morgan fingerprint density at radius 2 is 2.05 bits per heavy atom. The number of anilines is 1. The van der Waals surface area contributed by atoms with Crippen molar-refractivity contribution in [2.75, 3.05) is 4.90 Å². The predicted molar refractivity (Wildman–Crippen MR) is 85.3 cm³/mol. The number of halogens is 2. The zero-order valence-electron chi connectivity index (χ0n) is 11.4. The average Bonchev–Trinajstić information content (AvgIpc) is 2.99. The molecule has 0 spiro atoms. The zero-order valence-corrected chi connectivity index (χ0v) is 13.0. The number of benzene rings is 1. The zero-order chi connectivity index (χ0) is 15.9. The van der Waals surface area contributed by atoms with E-state index < -0.39 is 17.0 Å². The number of aryl methyl sites for hydroxylation is 1. The molecule has 0 aliphatic carbocycles. The lowest BCUT2D eigenvalue weighted by molar-refractivity contribution is -0.113. The average molecular weight is 337 g/mol. The molecule has 3 rings (SSSR count). The van der Waals surface area contributed by atoms with Crippen LogP contribution in [0.1, 0.15) is 5.69 Å². The Bertz CT molecular complexity index is 816. The summed E-state index contributed by atoms with van der Waals surface area (Å²) in [6.07, 6.45) is 3.49. The van der Waals surface area contributed by atoms with Gasteiger partial charge in [-0.1, -0.05) is 11.6 Å². The van der Waals surface area contributed by atoms with E-state index >= 15 is 0 Å². The number of carbonyl (C=O) groups is 2. The van der Waals surface area contributed by atoms with Gasteiger partial charge in [-0.25, -0.2) is 9.29 Å². The molecule has 2 amide bonds. The summed E-state index contributed by atoms with van der Waals surface area (Å²) in [5.74, 6) is -1.05. The molecular weight excluding hydrogens is 327 g/mol. The third-order valence-corrected chi connectivity index (χ3v) is 4.38. The SMILES string of the molecule is Cn1cccc1/C=C1/SC(=O)N(c2ccc(F)c(Cl)c2)C1=O. The van der Waals surface area contributed by atoms with E-state index in [1.54, 1.807) is 6.08 Å². The number of rotatable bonds is 2. The van der Waals surface area contributed by atoms with Crippen LogP contribution in [0.3, 0.4) is 0 Å². The Balaban J connectivity index is 1.96. The predicted octanol–water partition coefficient (Wildman–Crippen LogP) is 4.06. The number of carbonyl (C=O) groups excluding carboxylic acids is 2. The Labute approximate surface area is 135 Å². The smallest absolute Gasteiger partial charge is 0.298 e. The molecule has 1 saturated heterocycles. The third kappa shape index (κ3) is 2.55. The molecule has 0 atom stereocenters. The molecule has 1 aromatic carbocycles. The van der Waals surface area contributed by atoms with Crippen LogP contribution in [0.15, 0.2) is 41.4 Å². The Kier molecular flexibility index (Phi) is 3.80. The van der Waals surface area contributed by atoms with Crippen LogP contribution in [-0.2, 0) is 11.8 Å². The van der Waals surface area contributed by atoms with Crippen LogP contribution >= 0.6 is 23.4 Å². The molecule has 22 heavy (non-hydrogen) atoms. The Morgan fingerprint density at radius 1 is 1.27 bits per heavy atom. The lowest BCUT2D eigenvalue weighted by atomic mass is 10.2. The highest BCUT2D eigenvalue weighted by Crippen LogP contribution is 2.36. The summed E-state index contributed by atoms with van der Waals surface area (Å²) < 4.78 is 15.0. The van der Waals surface area contributed by atoms with Crippen molar-refractivity contribution in [2.45, 2.75) is 0 Å². The minimum Gasteiger partial charge on any atom is -0.351 e. The van der Waals surface area contributed by atoms with E-state index in [2.05, 4.69) is 0 Å². The summed E-state index contributed by atoms with van der Waals surface area (Å²) in [4.78, 5) is 25.8. The first-order valence-corrected chi connectivity index (χ1v) is 7.51.